The maximum Gasteiger partial charge on any atom is 0.338 e. The predicted molar refractivity (Wildman–Crippen MR) is 114 cm³/mol. The lowest BCUT2D eigenvalue weighted by molar-refractivity contribution is -0.126. The van der Waals surface area contributed by atoms with E-state index in [1.165, 1.54) is 18.4 Å². The molecule has 0 N–H and O–H groups in total. The largest absolute Gasteiger partial charge is 0.467 e. The summed E-state index contributed by atoms with van der Waals surface area (Å²) in [6.07, 6.45) is 0.543. The van der Waals surface area contributed by atoms with Crippen LogP contribution in [0, 0.1) is 5.92 Å². The minimum absolute atomic E-state index is 0.260. The monoisotopic (exact) mass is 432 g/mol. The molecule has 0 spiro atoms. The van der Waals surface area contributed by atoms with Gasteiger partial charge in [0.25, 0.3) is 5.91 Å². The van der Waals surface area contributed by atoms with E-state index in [9.17, 15) is 14.4 Å². The Balaban J connectivity index is 1.48. The minimum Gasteiger partial charge on any atom is -0.467 e. The van der Waals surface area contributed by atoms with E-state index in [1.807, 2.05) is 30.3 Å². The molecule has 2 saturated heterocycles. The molecular weight excluding hydrogens is 412 g/mol. The first-order valence-electron chi connectivity index (χ1n) is 10.3. The number of nitrogens with zero attached hydrogens (tertiary/aromatic N) is 2. The first kappa shape index (κ1) is 20.0. The quantitative estimate of drug-likeness (QED) is 0.450. The molecule has 0 aliphatic carbocycles. The zero-order chi connectivity index (χ0) is 22.2. The smallest absolute Gasteiger partial charge is 0.338 e. The normalized spacial score (nSPS) is 22.3. The number of hydrogen-bond acceptors (Lipinski definition) is 7. The van der Waals surface area contributed by atoms with Crippen LogP contribution in [0.25, 0.3) is 0 Å². The van der Waals surface area contributed by atoms with E-state index in [4.69, 9.17) is 14.0 Å². The molecule has 162 valence electrons. The number of anilines is 2. The number of rotatable bonds is 5. The molecule has 3 aromatic rings. The van der Waals surface area contributed by atoms with Crippen molar-refractivity contribution in [3.05, 3.63) is 84.3 Å². The highest BCUT2D eigenvalue weighted by atomic mass is 16.7. The second kappa shape index (κ2) is 7.97. The van der Waals surface area contributed by atoms with Gasteiger partial charge in [-0.3, -0.25) is 14.4 Å². The Morgan fingerprint density at radius 1 is 0.938 bits per heavy atom. The van der Waals surface area contributed by atoms with Crippen LogP contribution in [0.4, 0.5) is 11.4 Å². The van der Waals surface area contributed by atoms with E-state index in [0.29, 0.717) is 22.7 Å². The highest BCUT2D eigenvalue weighted by Gasteiger charge is 2.61. The molecular formula is C24H20N2O6. The summed E-state index contributed by atoms with van der Waals surface area (Å²) in [6.45, 7) is 1.98. The molecule has 3 heterocycles. The highest BCUT2D eigenvalue weighted by molar-refractivity contribution is 6.24. The number of ether oxygens (including phenoxy) is 1. The molecule has 0 bridgehead atoms. The van der Waals surface area contributed by atoms with Crippen molar-refractivity contribution in [2.24, 2.45) is 5.92 Å². The van der Waals surface area contributed by atoms with Crippen molar-refractivity contribution >= 4 is 29.2 Å². The van der Waals surface area contributed by atoms with Crippen molar-refractivity contribution in [2.75, 3.05) is 16.6 Å². The van der Waals surface area contributed by atoms with Crippen LogP contribution in [0.15, 0.2) is 77.4 Å². The van der Waals surface area contributed by atoms with Gasteiger partial charge in [-0.1, -0.05) is 18.2 Å². The van der Waals surface area contributed by atoms with Gasteiger partial charge in [0.15, 0.2) is 6.10 Å². The average molecular weight is 432 g/mol. The summed E-state index contributed by atoms with van der Waals surface area (Å²) >= 11 is 0. The maximum absolute atomic E-state index is 13.5. The number of amides is 2. The molecule has 2 aromatic carbocycles. The minimum atomic E-state index is -0.984. The molecule has 2 fully saturated rings. The number of para-hydroxylation sites is 1. The number of fused-ring (bicyclic) bond motifs is 1. The van der Waals surface area contributed by atoms with Crippen molar-refractivity contribution in [3.63, 3.8) is 0 Å². The van der Waals surface area contributed by atoms with Crippen LogP contribution in [-0.2, 0) is 19.2 Å². The van der Waals surface area contributed by atoms with Gasteiger partial charge in [0.05, 0.1) is 29.8 Å². The van der Waals surface area contributed by atoms with E-state index in [0.717, 1.165) is 4.90 Å². The van der Waals surface area contributed by atoms with Crippen molar-refractivity contribution in [1.82, 2.24) is 0 Å². The summed E-state index contributed by atoms with van der Waals surface area (Å²) in [4.78, 5) is 45.8. The van der Waals surface area contributed by atoms with Gasteiger partial charge in [0.1, 0.15) is 17.7 Å². The summed E-state index contributed by atoms with van der Waals surface area (Å²) < 4.78 is 10.6. The second-order valence-corrected chi connectivity index (χ2v) is 7.45. The summed E-state index contributed by atoms with van der Waals surface area (Å²) in [6, 6.07) is 18.3. The van der Waals surface area contributed by atoms with Crippen LogP contribution >= 0.6 is 0 Å². The van der Waals surface area contributed by atoms with Gasteiger partial charge in [-0.15, -0.1) is 0 Å². The predicted octanol–water partition coefficient (Wildman–Crippen LogP) is 3.51. The summed E-state index contributed by atoms with van der Waals surface area (Å²) in [5.41, 5.74) is 1.43. The fourth-order valence-corrected chi connectivity index (χ4v) is 4.18. The first-order valence-corrected chi connectivity index (χ1v) is 10.3. The topological polar surface area (TPSA) is 89.3 Å². The van der Waals surface area contributed by atoms with Crippen molar-refractivity contribution in [3.8, 4) is 0 Å². The highest BCUT2D eigenvalue weighted by Crippen LogP contribution is 2.47. The van der Waals surface area contributed by atoms with Gasteiger partial charge in [-0.2, -0.15) is 0 Å². The molecule has 0 radical (unpaired) electrons. The van der Waals surface area contributed by atoms with E-state index >= 15 is 0 Å². The molecule has 5 rings (SSSR count). The van der Waals surface area contributed by atoms with Crippen LogP contribution in [0.5, 0.6) is 0 Å². The molecule has 2 aliphatic rings. The Bertz CT molecular complexity index is 1140. The number of furan rings is 1. The number of hydroxylamine groups is 1. The van der Waals surface area contributed by atoms with Gasteiger partial charge >= 0.3 is 5.97 Å². The Morgan fingerprint density at radius 2 is 1.69 bits per heavy atom. The van der Waals surface area contributed by atoms with Crippen LogP contribution in [0.1, 0.15) is 29.1 Å². The molecule has 8 heteroatoms. The Hall–Kier alpha value is -3.91. The number of imide groups is 1. The van der Waals surface area contributed by atoms with Crippen molar-refractivity contribution < 1.29 is 28.4 Å². The standard InChI is InChI=1S/C24H20N2O6/c1-2-30-24(29)15-10-12-16(13-11-15)25-22(27)19-20(18-9-6-14-31-18)26(32-21(19)23(25)28)17-7-4-3-5-8-17/h3-14,19-21H,2H2,1H3/t19-,20+,21-/m0/s1. The van der Waals surface area contributed by atoms with Gasteiger partial charge < -0.3 is 9.15 Å². The second-order valence-electron chi connectivity index (χ2n) is 7.45. The zero-order valence-electron chi connectivity index (χ0n) is 17.2. The number of benzene rings is 2. The fraction of sp³-hybridized carbons (Fsp3) is 0.208. The summed E-state index contributed by atoms with van der Waals surface area (Å²) in [7, 11) is 0. The van der Waals surface area contributed by atoms with Crippen LogP contribution in [0.2, 0.25) is 0 Å². The maximum atomic E-state index is 13.5. The van der Waals surface area contributed by atoms with E-state index in [2.05, 4.69) is 0 Å². The van der Waals surface area contributed by atoms with Crippen molar-refractivity contribution in [1.29, 1.82) is 0 Å². The van der Waals surface area contributed by atoms with E-state index < -0.39 is 29.9 Å². The SMILES string of the molecule is CCOC(=O)c1ccc(N2C(=O)[C@@H]3[C@H](ON(c4ccccc4)[C@@H]3c3ccco3)C2=O)cc1. The molecule has 2 aliphatic heterocycles. The molecule has 3 atom stereocenters. The molecule has 0 unspecified atom stereocenters. The summed E-state index contributed by atoms with van der Waals surface area (Å²) in [5, 5.41) is 1.57. The van der Waals surface area contributed by atoms with Gasteiger partial charge in [0.2, 0.25) is 5.91 Å². The molecule has 1 aromatic heterocycles. The molecule has 0 saturated carbocycles. The van der Waals surface area contributed by atoms with Crippen LogP contribution in [0.3, 0.4) is 0 Å². The van der Waals surface area contributed by atoms with Gasteiger partial charge in [-0.25, -0.2) is 14.8 Å². The third-order valence-electron chi connectivity index (χ3n) is 5.60. The zero-order valence-corrected chi connectivity index (χ0v) is 17.2. The lowest BCUT2D eigenvalue weighted by Crippen LogP contribution is -2.37. The fourth-order valence-electron chi connectivity index (χ4n) is 4.18. The summed E-state index contributed by atoms with van der Waals surface area (Å²) in [5.74, 6) is -1.56. The van der Waals surface area contributed by atoms with Crippen LogP contribution < -0.4 is 9.96 Å². The van der Waals surface area contributed by atoms with Crippen molar-refractivity contribution in [2.45, 2.75) is 19.1 Å². The van der Waals surface area contributed by atoms with Crippen LogP contribution in [-0.4, -0.2) is 30.5 Å². The van der Waals surface area contributed by atoms with Gasteiger partial charge in [0, 0.05) is 0 Å². The lowest BCUT2D eigenvalue weighted by Gasteiger charge is -2.27. The molecule has 8 nitrogen and oxygen atoms in total. The van der Waals surface area contributed by atoms with Gasteiger partial charge in [-0.05, 0) is 55.5 Å². The average Bonchev–Trinajstić information content (AvgIpc) is 3.52. The first-order chi connectivity index (χ1) is 15.6. The molecule has 32 heavy (non-hydrogen) atoms. The Labute approximate surface area is 183 Å². The van der Waals surface area contributed by atoms with E-state index in [1.54, 1.807) is 36.3 Å². The third kappa shape index (κ3) is 3.16. The van der Waals surface area contributed by atoms with E-state index in [-0.39, 0.29) is 12.5 Å². The number of carbonyl (C=O) groups excluding carboxylic acids is 3. The lowest BCUT2D eigenvalue weighted by atomic mass is 9.94. The third-order valence-corrected chi connectivity index (χ3v) is 5.60. The number of esters is 1. The Morgan fingerprint density at radius 3 is 2.34 bits per heavy atom. The number of carbonyl (C=O) groups is 3. The Kier molecular flexibility index (Phi) is 4.99. The molecule has 2 amide bonds. The number of hydrogen-bond donors (Lipinski definition) is 0.